The number of nitrogens with zero attached hydrogens (tertiary/aromatic N) is 2. The van der Waals surface area contributed by atoms with Crippen LogP contribution in [-0.2, 0) is 6.54 Å². The molecule has 4 nitrogen and oxygen atoms in total. The molecule has 1 aromatic carbocycles. The van der Waals surface area contributed by atoms with Gasteiger partial charge >= 0.3 is 0 Å². The third-order valence-corrected chi connectivity index (χ3v) is 2.57. The van der Waals surface area contributed by atoms with Gasteiger partial charge in [0.25, 0.3) is 0 Å². The fourth-order valence-corrected chi connectivity index (χ4v) is 1.69. The third-order valence-electron chi connectivity index (χ3n) is 2.57. The first kappa shape index (κ1) is 10.7. The Morgan fingerprint density at radius 1 is 1.38 bits per heavy atom. The molecule has 0 saturated carbocycles. The molecule has 0 saturated heterocycles. The second-order valence-corrected chi connectivity index (χ2v) is 3.67. The van der Waals surface area contributed by atoms with Crippen LogP contribution >= 0.6 is 0 Å². The lowest BCUT2D eigenvalue weighted by Crippen LogP contribution is -2.04. The number of nitrogens with two attached hydrogens (primary N) is 1. The van der Waals surface area contributed by atoms with Gasteiger partial charge in [-0.15, -0.1) is 0 Å². The largest absolute Gasteiger partial charge is 0.373 e. The summed E-state index contributed by atoms with van der Waals surface area (Å²) in [7, 11) is 1.88. The van der Waals surface area contributed by atoms with Crippen LogP contribution in [0.15, 0.2) is 30.3 Å². The van der Waals surface area contributed by atoms with Crippen molar-refractivity contribution in [2.75, 3.05) is 12.4 Å². The van der Waals surface area contributed by atoms with Gasteiger partial charge in [0.15, 0.2) is 0 Å². The summed E-state index contributed by atoms with van der Waals surface area (Å²) >= 11 is 0. The Labute approximate surface area is 95.1 Å². The molecule has 0 atom stereocenters. The van der Waals surface area contributed by atoms with Crippen molar-refractivity contribution in [1.29, 1.82) is 0 Å². The van der Waals surface area contributed by atoms with Crippen LogP contribution in [0.3, 0.4) is 0 Å². The molecule has 0 radical (unpaired) electrons. The van der Waals surface area contributed by atoms with Crippen LogP contribution in [0.5, 0.6) is 0 Å². The van der Waals surface area contributed by atoms with Gasteiger partial charge in [0, 0.05) is 19.7 Å². The number of hydrogen-bond donors (Lipinski definition) is 2. The van der Waals surface area contributed by atoms with Crippen LogP contribution in [0.25, 0.3) is 5.69 Å². The standard InChI is InChI=1S/C12H16N4/c1-9-5-3-4-6-11(9)16-12(14-2)7-10(8-13)15-16/h3-7,14H,8,13H2,1-2H3. The van der Waals surface area contributed by atoms with E-state index in [9.17, 15) is 0 Å². The SMILES string of the molecule is CNc1cc(CN)nn1-c1ccccc1C. The molecule has 0 spiro atoms. The molecular weight excluding hydrogens is 200 g/mol. The minimum absolute atomic E-state index is 0.452. The molecule has 0 fully saturated rings. The molecule has 3 N–H and O–H groups in total. The van der Waals surface area contributed by atoms with Gasteiger partial charge < -0.3 is 11.1 Å². The molecule has 2 rings (SSSR count). The highest BCUT2D eigenvalue weighted by atomic mass is 15.3. The van der Waals surface area contributed by atoms with E-state index in [0.29, 0.717) is 6.54 Å². The maximum absolute atomic E-state index is 5.60. The highest BCUT2D eigenvalue weighted by Gasteiger charge is 2.08. The van der Waals surface area contributed by atoms with Crippen LogP contribution in [0.2, 0.25) is 0 Å². The van der Waals surface area contributed by atoms with Crippen LogP contribution in [0.1, 0.15) is 11.3 Å². The number of benzene rings is 1. The molecule has 84 valence electrons. The monoisotopic (exact) mass is 216 g/mol. The zero-order valence-corrected chi connectivity index (χ0v) is 9.57. The van der Waals surface area contributed by atoms with Gasteiger partial charge in [-0.2, -0.15) is 5.10 Å². The summed E-state index contributed by atoms with van der Waals surface area (Å²) in [6, 6.07) is 10.1. The van der Waals surface area contributed by atoms with E-state index in [1.165, 1.54) is 5.56 Å². The highest BCUT2D eigenvalue weighted by Crippen LogP contribution is 2.19. The Kier molecular flexibility index (Phi) is 2.92. The van der Waals surface area contributed by atoms with Crippen molar-refractivity contribution in [2.45, 2.75) is 13.5 Å². The van der Waals surface area contributed by atoms with Crippen molar-refractivity contribution >= 4 is 5.82 Å². The fraction of sp³-hybridized carbons (Fsp3) is 0.250. The summed E-state index contributed by atoms with van der Waals surface area (Å²) in [5.74, 6) is 0.953. The maximum atomic E-state index is 5.60. The van der Waals surface area contributed by atoms with Gasteiger partial charge in [0.2, 0.25) is 0 Å². The summed E-state index contributed by atoms with van der Waals surface area (Å²) in [5.41, 5.74) is 8.74. The minimum atomic E-state index is 0.452. The molecule has 0 amide bonds. The summed E-state index contributed by atoms with van der Waals surface area (Å²) in [6.07, 6.45) is 0. The molecule has 0 aliphatic carbocycles. The first-order chi connectivity index (χ1) is 7.76. The summed E-state index contributed by atoms with van der Waals surface area (Å²) in [6.45, 7) is 2.52. The fourth-order valence-electron chi connectivity index (χ4n) is 1.69. The number of para-hydroxylation sites is 1. The lowest BCUT2D eigenvalue weighted by atomic mass is 10.2. The van der Waals surface area contributed by atoms with Crippen molar-refractivity contribution < 1.29 is 0 Å². The van der Waals surface area contributed by atoms with Gasteiger partial charge in [0.05, 0.1) is 11.4 Å². The molecule has 0 aliphatic rings. The van der Waals surface area contributed by atoms with E-state index in [4.69, 9.17) is 5.73 Å². The van der Waals surface area contributed by atoms with Crippen LogP contribution in [-0.4, -0.2) is 16.8 Å². The first-order valence-corrected chi connectivity index (χ1v) is 5.29. The van der Waals surface area contributed by atoms with E-state index >= 15 is 0 Å². The number of anilines is 1. The second kappa shape index (κ2) is 4.37. The molecule has 1 aromatic heterocycles. The molecule has 0 unspecified atom stereocenters. The molecule has 4 heteroatoms. The Hall–Kier alpha value is -1.81. The van der Waals surface area contributed by atoms with Crippen molar-refractivity contribution in [3.8, 4) is 5.69 Å². The molecule has 1 heterocycles. The average molecular weight is 216 g/mol. The summed E-state index contributed by atoms with van der Waals surface area (Å²) < 4.78 is 1.89. The summed E-state index contributed by atoms with van der Waals surface area (Å²) in [5, 5.41) is 7.58. The number of aryl methyl sites for hydroxylation is 1. The van der Waals surface area contributed by atoms with Gasteiger partial charge in [-0.1, -0.05) is 18.2 Å². The van der Waals surface area contributed by atoms with Gasteiger partial charge in [-0.05, 0) is 18.6 Å². The zero-order chi connectivity index (χ0) is 11.5. The van der Waals surface area contributed by atoms with Gasteiger partial charge in [-0.25, -0.2) is 4.68 Å². The Balaban J connectivity index is 2.54. The number of rotatable bonds is 3. The minimum Gasteiger partial charge on any atom is -0.373 e. The van der Waals surface area contributed by atoms with E-state index in [0.717, 1.165) is 17.2 Å². The Morgan fingerprint density at radius 3 is 2.75 bits per heavy atom. The van der Waals surface area contributed by atoms with E-state index in [-0.39, 0.29) is 0 Å². The molecule has 16 heavy (non-hydrogen) atoms. The zero-order valence-electron chi connectivity index (χ0n) is 9.57. The molecule has 0 bridgehead atoms. The van der Waals surface area contributed by atoms with Crippen LogP contribution in [0, 0.1) is 6.92 Å². The number of nitrogens with one attached hydrogen (secondary N) is 1. The van der Waals surface area contributed by atoms with Crippen LogP contribution < -0.4 is 11.1 Å². The van der Waals surface area contributed by atoms with Crippen molar-refractivity contribution in [3.05, 3.63) is 41.6 Å². The maximum Gasteiger partial charge on any atom is 0.129 e. The van der Waals surface area contributed by atoms with Gasteiger partial charge in [-0.3, -0.25) is 0 Å². The second-order valence-electron chi connectivity index (χ2n) is 3.67. The predicted octanol–water partition coefficient (Wildman–Crippen LogP) is 1.68. The van der Waals surface area contributed by atoms with Crippen molar-refractivity contribution in [3.63, 3.8) is 0 Å². The van der Waals surface area contributed by atoms with Crippen molar-refractivity contribution in [1.82, 2.24) is 9.78 Å². The van der Waals surface area contributed by atoms with E-state index in [2.05, 4.69) is 23.4 Å². The van der Waals surface area contributed by atoms with Gasteiger partial charge in [0.1, 0.15) is 5.82 Å². The lowest BCUT2D eigenvalue weighted by molar-refractivity contribution is 0.832. The van der Waals surface area contributed by atoms with Crippen LogP contribution in [0.4, 0.5) is 5.82 Å². The number of aromatic nitrogens is 2. The third kappa shape index (κ3) is 1.79. The normalized spacial score (nSPS) is 10.4. The summed E-state index contributed by atoms with van der Waals surface area (Å²) in [4.78, 5) is 0. The smallest absolute Gasteiger partial charge is 0.129 e. The Morgan fingerprint density at radius 2 is 2.12 bits per heavy atom. The molecular formula is C12H16N4. The van der Waals surface area contributed by atoms with Crippen molar-refractivity contribution in [2.24, 2.45) is 5.73 Å². The molecule has 0 aliphatic heterocycles. The van der Waals surface area contributed by atoms with E-state index in [1.54, 1.807) is 0 Å². The number of hydrogen-bond acceptors (Lipinski definition) is 3. The average Bonchev–Trinajstić information content (AvgIpc) is 2.72. The molecule has 2 aromatic rings. The first-order valence-electron chi connectivity index (χ1n) is 5.29. The quantitative estimate of drug-likeness (QED) is 0.820. The van der Waals surface area contributed by atoms with E-state index < -0.39 is 0 Å². The highest BCUT2D eigenvalue weighted by molar-refractivity contribution is 5.49. The topological polar surface area (TPSA) is 55.9 Å². The lowest BCUT2D eigenvalue weighted by Gasteiger charge is -2.09. The predicted molar refractivity (Wildman–Crippen MR) is 65.7 cm³/mol. The van der Waals surface area contributed by atoms with E-state index in [1.807, 2.05) is 36.0 Å². The Bertz CT molecular complexity index is 488.